The number of fused-ring (bicyclic) bond motifs is 1. The van der Waals surface area contributed by atoms with E-state index in [-0.39, 0.29) is 5.82 Å². The SMILES string of the molecule is CNCc1cccc2c1ccn2Cc1cc(F)ccc1F. The van der Waals surface area contributed by atoms with Crippen LogP contribution in [0.1, 0.15) is 11.1 Å². The van der Waals surface area contributed by atoms with E-state index in [4.69, 9.17) is 0 Å². The Hall–Kier alpha value is -2.20. The number of nitrogens with zero attached hydrogens (tertiary/aromatic N) is 1. The summed E-state index contributed by atoms with van der Waals surface area (Å²) in [6.45, 7) is 1.09. The van der Waals surface area contributed by atoms with Gasteiger partial charge in [0, 0.05) is 29.2 Å². The Labute approximate surface area is 122 Å². The third kappa shape index (κ3) is 2.67. The largest absolute Gasteiger partial charge is 0.343 e. The molecular formula is C17H16F2N2. The molecule has 3 rings (SSSR count). The summed E-state index contributed by atoms with van der Waals surface area (Å²) in [5.41, 5.74) is 2.56. The Morgan fingerprint density at radius 2 is 1.90 bits per heavy atom. The van der Waals surface area contributed by atoms with Gasteiger partial charge in [0.1, 0.15) is 11.6 Å². The van der Waals surface area contributed by atoms with Gasteiger partial charge in [0.15, 0.2) is 0 Å². The van der Waals surface area contributed by atoms with Crippen molar-refractivity contribution in [1.29, 1.82) is 0 Å². The zero-order valence-electron chi connectivity index (χ0n) is 11.7. The first-order valence-electron chi connectivity index (χ1n) is 6.84. The predicted octanol–water partition coefficient (Wildman–Crippen LogP) is 3.69. The van der Waals surface area contributed by atoms with Crippen LogP contribution in [0.3, 0.4) is 0 Å². The number of halogens is 2. The fraction of sp³-hybridized carbons (Fsp3) is 0.176. The van der Waals surface area contributed by atoms with Crippen LogP contribution in [-0.4, -0.2) is 11.6 Å². The van der Waals surface area contributed by atoms with Crippen LogP contribution in [-0.2, 0) is 13.1 Å². The smallest absolute Gasteiger partial charge is 0.128 e. The van der Waals surface area contributed by atoms with Gasteiger partial charge in [0.2, 0.25) is 0 Å². The second-order valence-corrected chi connectivity index (χ2v) is 5.06. The number of rotatable bonds is 4. The Balaban J connectivity index is 2.01. The molecule has 1 N–H and O–H groups in total. The van der Waals surface area contributed by atoms with Crippen LogP contribution >= 0.6 is 0 Å². The highest BCUT2D eigenvalue weighted by Crippen LogP contribution is 2.22. The summed E-state index contributed by atoms with van der Waals surface area (Å²) in [5.74, 6) is -0.802. The highest BCUT2D eigenvalue weighted by molar-refractivity contribution is 5.83. The lowest BCUT2D eigenvalue weighted by molar-refractivity contribution is 0.579. The van der Waals surface area contributed by atoms with Crippen molar-refractivity contribution < 1.29 is 8.78 Å². The molecule has 3 aromatic rings. The molecule has 0 aliphatic carbocycles. The summed E-state index contributed by atoms with van der Waals surface area (Å²) < 4.78 is 29.0. The van der Waals surface area contributed by atoms with Crippen molar-refractivity contribution in [2.75, 3.05) is 7.05 Å². The van der Waals surface area contributed by atoms with Crippen molar-refractivity contribution in [3.63, 3.8) is 0 Å². The fourth-order valence-electron chi connectivity index (χ4n) is 2.62. The summed E-state index contributed by atoms with van der Waals surface area (Å²) in [4.78, 5) is 0. The molecule has 0 fully saturated rings. The van der Waals surface area contributed by atoms with Crippen LogP contribution in [0.4, 0.5) is 8.78 Å². The molecule has 0 spiro atoms. The van der Waals surface area contributed by atoms with Crippen molar-refractivity contribution in [2.24, 2.45) is 0 Å². The quantitative estimate of drug-likeness (QED) is 0.774. The van der Waals surface area contributed by atoms with E-state index in [0.717, 1.165) is 23.5 Å². The van der Waals surface area contributed by atoms with Gasteiger partial charge in [0.25, 0.3) is 0 Å². The van der Waals surface area contributed by atoms with Gasteiger partial charge in [-0.1, -0.05) is 12.1 Å². The molecule has 1 heterocycles. The lowest BCUT2D eigenvalue weighted by atomic mass is 10.1. The number of aromatic nitrogens is 1. The molecule has 0 atom stereocenters. The molecule has 2 nitrogen and oxygen atoms in total. The summed E-state index contributed by atoms with van der Waals surface area (Å²) in [5, 5.41) is 4.26. The summed E-state index contributed by atoms with van der Waals surface area (Å²) in [7, 11) is 1.90. The van der Waals surface area contributed by atoms with Crippen LogP contribution in [0.2, 0.25) is 0 Å². The molecule has 0 radical (unpaired) electrons. The van der Waals surface area contributed by atoms with Gasteiger partial charge >= 0.3 is 0 Å². The maximum absolute atomic E-state index is 13.8. The van der Waals surface area contributed by atoms with Crippen LogP contribution in [0, 0.1) is 11.6 Å². The second kappa shape index (κ2) is 5.66. The summed E-state index contributed by atoms with van der Waals surface area (Å²) in [6, 6.07) is 11.6. The van der Waals surface area contributed by atoms with E-state index in [1.54, 1.807) is 0 Å². The van der Waals surface area contributed by atoms with Gasteiger partial charge in [-0.05, 0) is 42.9 Å². The third-order valence-electron chi connectivity index (χ3n) is 3.62. The van der Waals surface area contributed by atoms with Crippen LogP contribution in [0.25, 0.3) is 10.9 Å². The molecular weight excluding hydrogens is 270 g/mol. The average molecular weight is 286 g/mol. The average Bonchev–Trinajstić information content (AvgIpc) is 2.88. The van der Waals surface area contributed by atoms with Crippen molar-refractivity contribution >= 4 is 10.9 Å². The number of benzene rings is 2. The van der Waals surface area contributed by atoms with Gasteiger partial charge < -0.3 is 9.88 Å². The second-order valence-electron chi connectivity index (χ2n) is 5.06. The van der Waals surface area contributed by atoms with Gasteiger partial charge in [0.05, 0.1) is 6.54 Å². The van der Waals surface area contributed by atoms with Crippen LogP contribution in [0.15, 0.2) is 48.7 Å². The molecule has 0 aliphatic rings. The Morgan fingerprint density at radius 1 is 1.05 bits per heavy atom. The normalized spacial score (nSPS) is 11.2. The van der Waals surface area contributed by atoms with Gasteiger partial charge in [-0.3, -0.25) is 0 Å². The predicted molar refractivity (Wildman–Crippen MR) is 80.2 cm³/mol. The highest BCUT2D eigenvalue weighted by Gasteiger charge is 2.08. The first-order valence-corrected chi connectivity index (χ1v) is 6.84. The monoisotopic (exact) mass is 286 g/mol. The fourth-order valence-corrected chi connectivity index (χ4v) is 2.62. The van der Waals surface area contributed by atoms with Gasteiger partial charge in [-0.2, -0.15) is 0 Å². The molecule has 108 valence electrons. The molecule has 0 saturated carbocycles. The Bertz CT molecular complexity index is 778. The topological polar surface area (TPSA) is 17.0 Å². The summed E-state index contributed by atoms with van der Waals surface area (Å²) >= 11 is 0. The minimum absolute atomic E-state index is 0.316. The number of hydrogen-bond acceptors (Lipinski definition) is 1. The van der Waals surface area contributed by atoms with E-state index in [0.29, 0.717) is 12.1 Å². The third-order valence-corrected chi connectivity index (χ3v) is 3.62. The molecule has 0 saturated heterocycles. The zero-order chi connectivity index (χ0) is 14.8. The van der Waals surface area contributed by atoms with E-state index in [9.17, 15) is 8.78 Å². The minimum Gasteiger partial charge on any atom is -0.343 e. The molecule has 0 aliphatic heterocycles. The maximum Gasteiger partial charge on any atom is 0.128 e. The zero-order valence-corrected chi connectivity index (χ0v) is 11.7. The molecule has 21 heavy (non-hydrogen) atoms. The summed E-state index contributed by atoms with van der Waals surface area (Å²) in [6.07, 6.45) is 1.91. The maximum atomic E-state index is 13.8. The van der Waals surface area contributed by atoms with Crippen molar-refractivity contribution in [2.45, 2.75) is 13.1 Å². The lowest BCUT2D eigenvalue weighted by Gasteiger charge is -2.08. The van der Waals surface area contributed by atoms with E-state index >= 15 is 0 Å². The molecule has 0 bridgehead atoms. The van der Waals surface area contributed by atoms with Gasteiger partial charge in [-0.25, -0.2) is 8.78 Å². The van der Waals surface area contributed by atoms with E-state index in [1.165, 1.54) is 17.7 Å². The first-order chi connectivity index (χ1) is 10.2. The Morgan fingerprint density at radius 3 is 2.71 bits per heavy atom. The minimum atomic E-state index is -0.418. The van der Waals surface area contributed by atoms with E-state index < -0.39 is 5.82 Å². The standard InChI is InChI=1S/C17H16F2N2/c1-20-10-12-3-2-4-17-15(12)7-8-21(17)11-13-9-14(18)5-6-16(13)19/h2-9,20H,10-11H2,1H3. The molecule has 1 aromatic heterocycles. The van der Waals surface area contributed by atoms with E-state index in [2.05, 4.69) is 11.4 Å². The number of hydrogen-bond donors (Lipinski definition) is 1. The van der Waals surface area contributed by atoms with Crippen molar-refractivity contribution in [3.05, 3.63) is 71.4 Å². The Kier molecular flexibility index (Phi) is 3.71. The van der Waals surface area contributed by atoms with E-state index in [1.807, 2.05) is 36.0 Å². The van der Waals surface area contributed by atoms with Crippen molar-refractivity contribution in [3.8, 4) is 0 Å². The van der Waals surface area contributed by atoms with Crippen LogP contribution < -0.4 is 5.32 Å². The highest BCUT2D eigenvalue weighted by atomic mass is 19.1. The van der Waals surface area contributed by atoms with Crippen molar-refractivity contribution in [1.82, 2.24) is 9.88 Å². The van der Waals surface area contributed by atoms with Crippen LogP contribution in [0.5, 0.6) is 0 Å². The number of nitrogens with one attached hydrogen (secondary N) is 1. The molecule has 4 heteroatoms. The molecule has 0 amide bonds. The first kappa shape index (κ1) is 13.8. The molecule has 2 aromatic carbocycles. The molecule has 0 unspecified atom stereocenters. The lowest BCUT2D eigenvalue weighted by Crippen LogP contribution is -2.05. The van der Waals surface area contributed by atoms with Gasteiger partial charge in [-0.15, -0.1) is 0 Å².